The fraction of sp³-hybridized carbons (Fsp3) is 0.417. The molecule has 1 rings (SSSR count). The average molecular weight is 298 g/mol. The standard InChI is InChI=1S/C12H11F5O3/c1-7(18)20-9-4-2-3-8(5-9)10(19)6-11(13,14)12(15,16)17/h2-5,10,19H,6H2,1H3. The van der Waals surface area contributed by atoms with Crippen molar-refractivity contribution in [1.29, 1.82) is 0 Å². The first-order chi connectivity index (χ1) is 9.03. The van der Waals surface area contributed by atoms with Gasteiger partial charge in [-0.1, -0.05) is 12.1 Å². The molecule has 0 saturated heterocycles. The Morgan fingerprint density at radius 3 is 2.40 bits per heavy atom. The molecule has 0 bridgehead atoms. The predicted octanol–water partition coefficient (Wildman–Crippen LogP) is 3.23. The SMILES string of the molecule is CC(=O)Oc1cccc(C(O)CC(F)(F)C(F)(F)F)c1. The quantitative estimate of drug-likeness (QED) is 0.527. The second kappa shape index (κ2) is 5.74. The molecule has 0 aliphatic rings. The average Bonchev–Trinajstić information content (AvgIpc) is 2.26. The van der Waals surface area contributed by atoms with Crippen LogP contribution >= 0.6 is 0 Å². The number of carbonyl (C=O) groups is 1. The Morgan fingerprint density at radius 1 is 1.30 bits per heavy atom. The van der Waals surface area contributed by atoms with Gasteiger partial charge in [0.1, 0.15) is 5.75 Å². The number of halogens is 5. The van der Waals surface area contributed by atoms with Gasteiger partial charge in [-0.15, -0.1) is 0 Å². The molecule has 3 nitrogen and oxygen atoms in total. The van der Waals surface area contributed by atoms with E-state index in [1.807, 2.05) is 0 Å². The maximum Gasteiger partial charge on any atom is 0.453 e. The first-order valence-corrected chi connectivity index (χ1v) is 5.44. The third-order valence-corrected chi connectivity index (χ3v) is 2.37. The van der Waals surface area contributed by atoms with Crippen molar-refractivity contribution in [2.24, 2.45) is 0 Å². The fourth-order valence-corrected chi connectivity index (χ4v) is 1.43. The molecule has 1 N–H and O–H groups in total. The summed E-state index contributed by atoms with van der Waals surface area (Å²) in [7, 11) is 0. The van der Waals surface area contributed by atoms with Gasteiger partial charge in [0.25, 0.3) is 0 Å². The maximum absolute atomic E-state index is 12.8. The minimum absolute atomic E-state index is 0.0515. The second-order valence-corrected chi connectivity index (χ2v) is 4.09. The Bertz CT molecular complexity index is 484. The molecule has 0 heterocycles. The molecule has 112 valence electrons. The highest BCUT2D eigenvalue weighted by atomic mass is 19.4. The minimum atomic E-state index is -5.73. The van der Waals surface area contributed by atoms with Gasteiger partial charge in [0.15, 0.2) is 0 Å². The van der Waals surface area contributed by atoms with Crippen molar-refractivity contribution < 1.29 is 36.6 Å². The van der Waals surface area contributed by atoms with Crippen LogP contribution in [0.25, 0.3) is 0 Å². The molecule has 0 radical (unpaired) electrons. The van der Waals surface area contributed by atoms with Crippen LogP contribution in [-0.2, 0) is 4.79 Å². The molecule has 0 fully saturated rings. The summed E-state index contributed by atoms with van der Waals surface area (Å²) in [5, 5.41) is 9.46. The lowest BCUT2D eigenvalue weighted by Crippen LogP contribution is -2.37. The molecule has 1 aromatic rings. The molecule has 1 aromatic carbocycles. The van der Waals surface area contributed by atoms with E-state index in [1.54, 1.807) is 0 Å². The lowest BCUT2D eigenvalue weighted by atomic mass is 10.0. The fourth-order valence-electron chi connectivity index (χ4n) is 1.43. The normalized spacial score (nSPS) is 13.9. The van der Waals surface area contributed by atoms with Crippen molar-refractivity contribution in [3.63, 3.8) is 0 Å². The monoisotopic (exact) mass is 298 g/mol. The zero-order valence-electron chi connectivity index (χ0n) is 10.2. The highest BCUT2D eigenvalue weighted by molar-refractivity contribution is 5.69. The summed E-state index contributed by atoms with van der Waals surface area (Å²) in [6, 6.07) is 4.75. The van der Waals surface area contributed by atoms with Crippen LogP contribution in [0.5, 0.6) is 5.75 Å². The zero-order valence-corrected chi connectivity index (χ0v) is 10.2. The van der Waals surface area contributed by atoms with Gasteiger partial charge in [0.05, 0.1) is 12.5 Å². The van der Waals surface area contributed by atoms with E-state index in [0.29, 0.717) is 0 Å². The highest BCUT2D eigenvalue weighted by Gasteiger charge is 2.58. The number of ether oxygens (including phenoxy) is 1. The molecular formula is C12H11F5O3. The number of carbonyl (C=O) groups excluding carboxylic acids is 1. The number of alkyl halides is 5. The van der Waals surface area contributed by atoms with E-state index in [0.717, 1.165) is 19.1 Å². The van der Waals surface area contributed by atoms with Crippen LogP contribution in [0, 0.1) is 0 Å². The van der Waals surface area contributed by atoms with E-state index in [9.17, 15) is 31.9 Å². The van der Waals surface area contributed by atoms with E-state index in [4.69, 9.17) is 0 Å². The molecule has 0 saturated carbocycles. The Hall–Kier alpha value is -1.70. The maximum atomic E-state index is 12.8. The summed E-state index contributed by atoms with van der Waals surface area (Å²) < 4.78 is 66.3. The number of hydrogen-bond donors (Lipinski definition) is 1. The predicted molar refractivity (Wildman–Crippen MR) is 58.3 cm³/mol. The molecule has 0 aliphatic heterocycles. The van der Waals surface area contributed by atoms with Crippen LogP contribution in [-0.4, -0.2) is 23.2 Å². The lowest BCUT2D eigenvalue weighted by Gasteiger charge is -2.22. The van der Waals surface area contributed by atoms with E-state index < -0.39 is 30.6 Å². The van der Waals surface area contributed by atoms with Crippen molar-refractivity contribution in [2.75, 3.05) is 0 Å². The van der Waals surface area contributed by atoms with Crippen molar-refractivity contribution in [3.05, 3.63) is 29.8 Å². The molecule has 0 aromatic heterocycles. The van der Waals surface area contributed by atoms with Gasteiger partial charge in [-0.25, -0.2) is 0 Å². The van der Waals surface area contributed by atoms with Gasteiger partial charge in [0.2, 0.25) is 0 Å². The largest absolute Gasteiger partial charge is 0.453 e. The van der Waals surface area contributed by atoms with Crippen LogP contribution in [0.2, 0.25) is 0 Å². The number of esters is 1. The molecule has 0 amide bonds. The topological polar surface area (TPSA) is 46.5 Å². The van der Waals surface area contributed by atoms with Crippen molar-refractivity contribution >= 4 is 5.97 Å². The van der Waals surface area contributed by atoms with Gasteiger partial charge < -0.3 is 9.84 Å². The van der Waals surface area contributed by atoms with Crippen molar-refractivity contribution in [3.8, 4) is 5.75 Å². The summed E-state index contributed by atoms with van der Waals surface area (Å²) >= 11 is 0. The molecule has 1 unspecified atom stereocenters. The summed E-state index contributed by atoms with van der Waals surface area (Å²) in [5.41, 5.74) is -0.201. The number of aliphatic hydroxyl groups excluding tert-OH is 1. The van der Waals surface area contributed by atoms with Crippen LogP contribution in [0.4, 0.5) is 22.0 Å². The number of benzene rings is 1. The van der Waals surface area contributed by atoms with Crippen LogP contribution in [0.3, 0.4) is 0 Å². The molecule has 1 atom stereocenters. The Kier molecular flexibility index (Phi) is 4.69. The molecule has 20 heavy (non-hydrogen) atoms. The molecule has 0 spiro atoms. The smallest absolute Gasteiger partial charge is 0.427 e. The van der Waals surface area contributed by atoms with Gasteiger partial charge in [-0.2, -0.15) is 22.0 Å². The van der Waals surface area contributed by atoms with Crippen LogP contribution in [0.1, 0.15) is 25.0 Å². The number of aliphatic hydroxyl groups is 1. The van der Waals surface area contributed by atoms with Gasteiger partial charge >= 0.3 is 18.1 Å². The summed E-state index contributed by atoms with van der Waals surface area (Å²) in [4.78, 5) is 10.7. The van der Waals surface area contributed by atoms with Crippen molar-refractivity contribution in [1.82, 2.24) is 0 Å². The first-order valence-electron chi connectivity index (χ1n) is 5.44. The number of hydrogen-bond acceptors (Lipinski definition) is 3. The molecule has 8 heteroatoms. The summed E-state index contributed by atoms with van der Waals surface area (Å²) in [5.74, 6) is -5.74. The summed E-state index contributed by atoms with van der Waals surface area (Å²) in [6.45, 7) is 1.10. The van der Waals surface area contributed by atoms with E-state index in [2.05, 4.69) is 4.74 Å². The Morgan fingerprint density at radius 2 is 1.90 bits per heavy atom. The lowest BCUT2D eigenvalue weighted by molar-refractivity contribution is -0.290. The third kappa shape index (κ3) is 4.16. The minimum Gasteiger partial charge on any atom is -0.427 e. The van der Waals surface area contributed by atoms with Gasteiger partial charge in [0, 0.05) is 6.92 Å². The third-order valence-electron chi connectivity index (χ3n) is 2.37. The second-order valence-electron chi connectivity index (χ2n) is 4.09. The Balaban J connectivity index is 2.87. The van der Waals surface area contributed by atoms with Crippen LogP contribution < -0.4 is 4.74 Å². The van der Waals surface area contributed by atoms with E-state index >= 15 is 0 Å². The van der Waals surface area contributed by atoms with E-state index in [1.165, 1.54) is 12.1 Å². The van der Waals surface area contributed by atoms with E-state index in [-0.39, 0.29) is 11.3 Å². The first kappa shape index (κ1) is 16.4. The summed E-state index contributed by atoms with van der Waals surface area (Å²) in [6.07, 6.45) is -9.58. The van der Waals surface area contributed by atoms with Crippen molar-refractivity contribution in [2.45, 2.75) is 31.5 Å². The number of rotatable bonds is 4. The zero-order chi connectivity index (χ0) is 15.6. The Labute approximate surface area is 111 Å². The molecule has 0 aliphatic carbocycles. The highest BCUT2D eigenvalue weighted by Crippen LogP contribution is 2.41. The van der Waals surface area contributed by atoms with Gasteiger partial charge in [-0.05, 0) is 17.7 Å². The van der Waals surface area contributed by atoms with Gasteiger partial charge in [-0.3, -0.25) is 4.79 Å². The van der Waals surface area contributed by atoms with Crippen LogP contribution in [0.15, 0.2) is 24.3 Å². The molecular weight excluding hydrogens is 287 g/mol.